The minimum atomic E-state index is -2.63. The maximum atomic E-state index is 14.2. The number of halogens is 2. The van der Waals surface area contributed by atoms with Crippen LogP contribution < -0.4 is 0 Å². The summed E-state index contributed by atoms with van der Waals surface area (Å²) in [6.07, 6.45) is 3.45. The molecule has 0 spiro atoms. The number of nitrogens with zero attached hydrogens (tertiary/aromatic N) is 2. The SMILES string of the molecule is C=C(C)C(=O)OCCCC/C(=C1\N=C(C)C(CC)=C1C)c1c(C)c(CC)c(C)n1B(F)F. The monoisotopic (exact) mass is 444 g/mol. The van der Waals surface area contributed by atoms with E-state index in [0.29, 0.717) is 42.6 Å². The van der Waals surface area contributed by atoms with Crippen LogP contribution in [0.3, 0.4) is 0 Å². The summed E-state index contributed by atoms with van der Waals surface area (Å²) in [7, 11) is -2.63. The maximum absolute atomic E-state index is 14.2. The third-order valence-corrected chi connectivity index (χ3v) is 6.25. The highest BCUT2D eigenvalue weighted by Crippen LogP contribution is 2.39. The van der Waals surface area contributed by atoms with Crippen molar-refractivity contribution < 1.29 is 18.2 Å². The molecule has 1 aromatic heterocycles. The van der Waals surface area contributed by atoms with Gasteiger partial charge in [0.2, 0.25) is 0 Å². The number of hydrogen-bond acceptors (Lipinski definition) is 3. The van der Waals surface area contributed by atoms with E-state index >= 15 is 0 Å². The van der Waals surface area contributed by atoms with Gasteiger partial charge in [-0.25, -0.2) is 4.79 Å². The molecule has 0 aromatic carbocycles. The lowest BCUT2D eigenvalue weighted by Gasteiger charge is -2.16. The van der Waals surface area contributed by atoms with E-state index in [4.69, 9.17) is 9.73 Å². The highest BCUT2D eigenvalue weighted by Gasteiger charge is 2.31. The molecule has 0 radical (unpaired) electrons. The van der Waals surface area contributed by atoms with Gasteiger partial charge in [-0.3, -0.25) is 13.6 Å². The number of aliphatic imine (C=N–C) groups is 1. The fraction of sp³-hybridized carbons (Fsp3) is 0.520. The molecule has 4 nitrogen and oxygen atoms in total. The van der Waals surface area contributed by atoms with Gasteiger partial charge >= 0.3 is 13.4 Å². The lowest BCUT2D eigenvalue weighted by Crippen LogP contribution is -2.18. The number of ether oxygens (including phenoxy) is 1. The summed E-state index contributed by atoms with van der Waals surface area (Å²) in [5.74, 6) is -0.406. The molecule has 0 aliphatic carbocycles. The third-order valence-electron chi connectivity index (χ3n) is 6.25. The summed E-state index contributed by atoms with van der Waals surface area (Å²) in [4.78, 5) is 16.4. The van der Waals surface area contributed by atoms with Gasteiger partial charge in [0.05, 0.1) is 12.3 Å². The molecule has 0 N–H and O–H groups in total. The van der Waals surface area contributed by atoms with Gasteiger partial charge in [-0.15, -0.1) is 0 Å². The summed E-state index contributed by atoms with van der Waals surface area (Å²) in [5, 5.41) is 0. The zero-order chi connectivity index (χ0) is 24.2. The van der Waals surface area contributed by atoms with Crippen molar-refractivity contribution >= 4 is 24.7 Å². The standard InChI is InChI=1S/C25H35BF2N2O2/c1-9-20-16(5)23(29-18(20)7)22(13-11-12-14-32-25(31)15(3)4)24-17(6)21(10-2)19(8)30(24)26(27)28/h3,9-14H2,1-2,4-8H3/b23-22+. The normalized spacial score (nSPS) is 15.2. The summed E-state index contributed by atoms with van der Waals surface area (Å²) >= 11 is 0. The Kier molecular flexibility index (Phi) is 8.82. The molecule has 1 aliphatic heterocycles. The summed E-state index contributed by atoms with van der Waals surface area (Å²) in [5.41, 5.74) is 8.25. The molecule has 0 fully saturated rings. The van der Waals surface area contributed by atoms with Crippen LogP contribution in [0.15, 0.2) is 34.0 Å². The highest BCUT2D eigenvalue weighted by molar-refractivity contribution is 6.41. The van der Waals surface area contributed by atoms with Crippen LogP contribution in [0.25, 0.3) is 5.57 Å². The number of hydrogen-bond donors (Lipinski definition) is 0. The summed E-state index contributed by atoms with van der Waals surface area (Å²) in [6.45, 7) is 17.3. The van der Waals surface area contributed by atoms with Crippen molar-refractivity contribution in [3.63, 3.8) is 0 Å². The van der Waals surface area contributed by atoms with E-state index in [-0.39, 0.29) is 6.61 Å². The van der Waals surface area contributed by atoms with Gasteiger partial charge in [0.1, 0.15) is 0 Å². The van der Waals surface area contributed by atoms with E-state index in [1.807, 2.05) is 27.7 Å². The largest absolute Gasteiger partial charge is 0.677 e. The fourth-order valence-corrected chi connectivity index (χ4v) is 4.63. The van der Waals surface area contributed by atoms with Crippen LogP contribution in [-0.4, -0.2) is 30.2 Å². The van der Waals surface area contributed by atoms with Crippen LogP contribution in [0.2, 0.25) is 0 Å². The van der Waals surface area contributed by atoms with Crippen LogP contribution in [-0.2, 0) is 16.0 Å². The Morgan fingerprint density at radius 3 is 2.28 bits per heavy atom. The average molecular weight is 444 g/mol. The van der Waals surface area contributed by atoms with Gasteiger partial charge in [0.15, 0.2) is 0 Å². The summed E-state index contributed by atoms with van der Waals surface area (Å²) < 4.78 is 34.8. The van der Waals surface area contributed by atoms with Gasteiger partial charge in [-0.05, 0) is 89.0 Å². The second-order valence-corrected chi connectivity index (χ2v) is 8.39. The number of allylic oxidation sites excluding steroid dienone is 3. The Morgan fingerprint density at radius 1 is 1.12 bits per heavy atom. The minimum Gasteiger partial charge on any atom is -0.462 e. The summed E-state index contributed by atoms with van der Waals surface area (Å²) in [6, 6.07) is 0. The Morgan fingerprint density at radius 2 is 1.78 bits per heavy atom. The zero-order valence-electron chi connectivity index (χ0n) is 20.5. The number of unbranched alkanes of at least 4 members (excludes halogenated alkanes) is 1. The highest BCUT2D eigenvalue weighted by atomic mass is 19.2. The van der Waals surface area contributed by atoms with Crippen molar-refractivity contribution in [3.8, 4) is 0 Å². The number of aromatic nitrogens is 1. The molecule has 1 aliphatic rings. The van der Waals surface area contributed by atoms with Gasteiger partial charge < -0.3 is 9.21 Å². The number of rotatable bonds is 10. The van der Waals surface area contributed by atoms with E-state index < -0.39 is 13.4 Å². The second kappa shape index (κ2) is 10.9. The molecule has 7 heteroatoms. The van der Waals surface area contributed by atoms with Crippen molar-refractivity contribution in [2.75, 3.05) is 6.61 Å². The van der Waals surface area contributed by atoms with Crippen LogP contribution >= 0.6 is 0 Å². The van der Waals surface area contributed by atoms with Gasteiger partial charge in [0, 0.05) is 28.2 Å². The lowest BCUT2D eigenvalue weighted by atomic mass is 9.94. The smallest absolute Gasteiger partial charge is 0.462 e. The Balaban J connectivity index is 2.51. The first-order chi connectivity index (χ1) is 15.1. The molecule has 0 amide bonds. The molecule has 32 heavy (non-hydrogen) atoms. The number of carbonyl (C=O) groups is 1. The van der Waals surface area contributed by atoms with Crippen LogP contribution in [0.4, 0.5) is 8.63 Å². The fourth-order valence-electron chi connectivity index (χ4n) is 4.63. The van der Waals surface area contributed by atoms with Gasteiger partial charge in [-0.2, -0.15) is 0 Å². The Hall–Kier alpha value is -2.44. The van der Waals surface area contributed by atoms with Gasteiger partial charge in [-0.1, -0.05) is 20.4 Å². The predicted molar refractivity (Wildman–Crippen MR) is 129 cm³/mol. The van der Waals surface area contributed by atoms with E-state index in [1.54, 1.807) is 13.8 Å². The van der Waals surface area contributed by atoms with Crippen molar-refractivity contribution in [1.29, 1.82) is 0 Å². The Bertz CT molecular complexity index is 1000. The first-order valence-corrected chi connectivity index (χ1v) is 11.4. The molecule has 0 atom stereocenters. The minimum absolute atomic E-state index is 0.277. The van der Waals surface area contributed by atoms with Crippen molar-refractivity contribution in [3.05, 3.63) is 51.5 Å². The molecule has 174 valence electrons. The first-order valence-electron chi connectivity index (χ1n) is 11.4. The quantitative estimate of drug-likeness (QED) is 0.176. The molecule has 1 aromatic rings. The average Bonchev–Trinajstić information content (AvgIpc) is 3.15. The van der Waals surface area contributed by atoms with E-state index in [0.717, 1.165) is 40.1 Å². The van der Waals surface area contributed by atoms with E-state index in [2.05, 4.69) is 13.5 Å². The number of carbonyl (C=O) groups excluding carboxylic acids is 1. The maximum Gasteiger partial charge on any atom is 0.677 e. The molecule has 0 unspecified atom stereocenters. The van der Waals surface area contributed by atoms with Crippen LogP contribution in [0, 0.1) is 13.8 Å². The van der Waals surface area contributed by atoms with Crippen molar-refractivity contribution in [2.45, 2.75) is 80.6 Å². The topological polar surface area (TPSA) is 43.6 Å². The van der Waals surface area contributed by atoms with E-state index in [9.17, 15) is 13.4 Å². The number of esters is 1. The molecule has 0 saturated carbocycles. The first kappa shape index (κ1) is 25.8. The zero-order valence-corrected chi connectivity index (χ0v) is 20.5. The Labute approximate surface area is 191 Å². The molecular weight excluding hydrogens is 409 g/mol. The van der Waals surface area contributed by atoms with Crippen LogP contribution in [0.1, 0.15) is 82.8 Å². The molecule has 0 bridgehead atoms. The van der Waals surface area contributed by atoms with Crippen molar-refractivity contribution in [2.24, 2.45) is 4.99 Å². The van der Waals surface area contributed by atoms with Crippen molar-refractivity contribution in [1.82, 2.24) is 4.48 Å². The lowest BCUT2D eigenvalue weighted by molar-refractivity contribution is -0.139. The molecule has 0 saturated heterocycles. The van der Waals surface area contributed by atoms with Crippen LogP contribution in [0.5, 0.6) is 0 Å². The molecule has 2 rings (SSSR count). The molecular formula is C25H35BF2N2O2. The van der Waals surface area contributed by atoms with E-state index in [1.165, 1.54) is 10.1 Å². The van der Waals surface area contributed by atoms with Gasteiger partial charge in [0.25, 0.3) is 0 Å². The second-order valence-electron chi connectivity index (χ2n) is 8.39. The third kappa shape index (κ3) is 5.13. The predicted octanol–water partition coefficient (Wildman–Crippen LogP) is 6.64. The molecule has 2 heterocycles.